The van der Waals surface area contributed by atoms with Gasteiger partial charge in [-0.3, -0.25) is 16.0 Å². The first-order valence-electron chi connectivity index (χ1n) is 27.6. The molecule has 4 aromatic heterocycles. The molecule has 0 radical (unpaired) electrons. The van der Waals surface area contributed by atoms with Crippen molar-refractivity contribution in [3.63, 3.8) is 0 Å². The Morgan fingerprint density at radius 1 is 0.500 bits per heavy atom. The second-order valence-electron chi connectivity index (χ2n) is 25.1. The first kappa shape index (κ1) is 85.0. The van der Waals surface area contributed by atoms with E-state index in [1.165, 1.54) is 73.5 Å². The van der Waals surface area contributed by atoms with Crippen molar-refractivity contribution >= 4 is 215 Å². The van der Waals surface area contributed by atoms with Gasteiger partial charge in [0.15, 0.2) is 0 Å². The molecule has 0 spiro atoms. The molecule has 7 atom stereocenters. The summed E-state index contributed by atoms with van der Waals surface area (Å²) in [5.41, 5.74) is -0.239. The standard InChI is InChI=1S/2C15H22BrN3O4S2.C14H20BrN3O4S2.C10H14BrN3O2S2.CH4.HI.H2/c2*1-9-15(5,11-7-10(16)8-24-11)18-12(19(6)25(9,21)22)17-13(20)23-14(2,3)4;1-13(2,3)22-12(19)16-11-17-14(4,8-24(20,21)18(11)5)10-6-9(15)7-23-10;1-6-10(2,8-4-7(11)5-17-8)13-9(12)14(3)18(6,15)16;;;/h2*7-9H,1-6H3,(H,17,18,20);6-7H,8H2,1-5H3,(H,16,17,19);4-6H,1-3H3,(H2,12,13);1H4;2*1H/t9-,15+;9-,15-;14-;6-,10-;;;/m1000.../s1. The minimum Gasteiger partial charge on any atom is -0.444 e. The minimum absolute atomic E-state index is 0. The van der Waals surface area contributed by atoms with E-state index in [1.54, 1.807) is 111 Å². The van der Waals surface area contributed by atoms with Crippen molar-refractivity contribution < 1.29 is 63.7 Å². The van der Waals surface area contributed by atoms with Crippen LogP contribution in [0.25, 0.3) is 0 Å². The highest BCUT2D eigenvalue weighted by molar-refractivity contribution is 14.0. The Bertz CT molecular complexity index is 3920. The van der Waals surface area contributed by atoms with Gasteiger partial charge in [0, 0.05) is 88.5 Å². The molecule has 39 heteroatoms. The first-order chi connectivity index (χ1) is 41.6. The minimum atomic E-state index is -3.70. The Labute approximate surface area is 621 Å². The number of nitrogens with zero attached hydrogens (tertiary/aromatic N) is 8. The number of thiophene rings is 4. The lowest BCUT2D eigenvalue weighted by Gasteiger charge is -2.39. The van der Waals surface area contributed by atoms with Gasteiger partial charge in [-0.15, -0.1) is 69.3 Å². The molecule has 26 nitrogen and oxygen atoms in total. The normalized spacial score (nSPS) is 25.9. The summed E-state index contributed by atoms with van der Waals surface area (Å²) in [4.78, 5) is 57.4. The summed E-state index contributed by atoms with van der Waals surface area (Å²) in [6.45, 7) is 27.5. The molecule has 5 N–H and O–H groups in total. The molecule has 532 valence electrons. The van der Waals surface area contributed by atoms with Gasteiger partial charge in [0.25, 0.3) is 0 Å². The quantitative estimate of drug-likeness (QED) is 0.109. The molecule has 0 bridgehead atoms. The number of amides is 3. The van der Waals surface area contributed by atoms with E-state index in [4.69, 9.17) is 19.9 Å². The van der Waals surface area contributed by atoms with E-state index in [0.717, 1.165) is 54.6 Å². The largest absolute Gasteiger partial charge is 0.444 e. The van der Waals surface area contributed by atoms with Gasteiger partial charge < -0.3 is 19.9 Å². The maximum absolute atomic E-state index is 12.8. The second kappa shape index (κ2) is 30.7. The molecule has 94 heavy (non-hydrogen) atoms. The van der Waals surface area contributed by atoms with Gasteiger partial charge in [-0.1, -0.05) is 7.43 Å². The fourth-order valence-electron chi connectivity index (χ4n) is 8.76. The summed E-state index contributed by atoms with van der Waals surface area (Å²) in [6, 6.07) is 7.41. The molecule has 0 saturated carbocycles. The molecule has 8 heterocycles. The Morgan fingerprint density at radius 2 is 0.755 bits per heavy atom. The predicted molar refractivity (Wildman–Crippen MR) is 404 cm³/mol. The Kier molecular flexibility index (Phi) is 27.7. The maximum atomic E-state index is 12.8. The average Bonchev–Trinajstić information content (AvgIpc) is 1.64. The Hall–Kier alpha value is -3.26. The number of nitrogens with one attached hydrogen (secondary N) is 3. The third-order valence-corrected chi connectivity index (χ3v) is 31.0. The number of hydrogen-bond acceptors (Lipinski definition) is 23. The van der Waals surface area contributed by atoms with Crippen molar-refractivity contribution in [1.82, 2.24) is 33.2 Å². The molecular weight excluding hydrogens is 1760 g/mol. The zero-order chi connectivity index (χ0) is 70.5. The summed E-state index contributed by atoms with van der Waals surface area (Å²) < 4.78 is 124. The third kappa shape index (κ3) is 19.8. The highest BCUT2D eigenvalue weighted by Gasteiger charge is 2.52. The van der Waals surface area contributed by atoms with Crippen LogP contribution in [0.15, 0.2) is 83.6 Å². The fourth-order valence-corrected chi connectivity index (χ4v) is 21.6. The lowest BCUT2D eigenvalue weighted by atomic mass is 9.97. The lowest BCUT2D eigenvalue weighted by molar-refractivity contribution is 0.0546. The van der Waals surface area contributed by atoms with Crippen LogP contribution in [0.4, 0.5) is 14.4 Å². The topological polar surface area (TPSA) is 340 Å². The number of ether oxygens (including phenoxy) is 3. The van der Waals surface area contributed by atoms with Crippen LogP contribution in [0.5, 0.6) is 0 Å². The Balaban J connectivity index is 0.000000429. The molecule has 0 saturated heterocycles. The molecule has 4 aliphatic rings. The van der Waals surface area contributed by atoms with Gasteiger partial charge in [0.1, 0.15) is 54.7 Å². The summed E-state index contributed by atoms with van der Waals surface area (Å²) in [5, 5.41) is 12.6. The van der Waals surface area contributed by atoms with Crippen LogP contribution in [-0.4, -0.2) is 160 Å². The molecule has 4 aliphatic heterocycles. The summed E-state index contributed by atoms with van der Waals surface area (Å²) in [7, 11) is -8.98. The number of aliphatic imine (C=N–C) groups is 4. The zero-order valence-corrected chi connectivity index (χ0v) is 69.8. The van der Waals surface area contributed by atoms with Crippen molar-refractivity contribution in [1.29, 1.82) is 0 Å². The number of carbonyl (C=O) groups excluding carboxylic acids is 3. The molecule has 0 unspecified atom stereocenters. The number of rotatable bonds is 4. The molecular formula is C55H85Br4IN12O14S8. The number of hydrogen-bond donors (Lipinski definition) is 4. The molecule has 4 aromatic rings. The van der Waals surface area contributed by atoms with E-state index >= 15 is 0 Å². The van der Waals surface area contributed by atoms with E-state index in [1.807, 2.05) is 45.8 Å². The monoisotopic (exact) mass is 1840 g/mol. The summed E-state index contributed by atoms with van der Waals surface area (Å²) >= 11 is 19.2. The second-order valence-corrected chi connectivity index (χ2v) is 41.2. The number of carbonyl (C=O) groups is 3. The van der Waals surface area contributed by atoms with E-state index in [2.05, 4.69) is 99.6 Å². The molecule has 8 rings (SSSR count). The third-order valence-electron chi connectivity index (χ3n) is 14.5. The van der Waals surface area contributed by atoms with Gasteiger partial charge in [-0.2, -0.15) is 0 Å². The van der Waals surface area contributed by atoms with Gasteiger partial charge in [0.2, 0.25) is 63.9 Å². The van der Waals surface area contributed by atoms with Crippen LogP contribution < -0.4 is 21.7 Å². The van der Waals surface area contributed by atoms with Crippen LogP contribution in [0.3, 0.4) is 0 Å². The van der Waals surface area contributed by atoms with Crippen molar-refractivity contribution in [2.24, 2.45) is 25.7 Å². The van der Waals surface area contributed by atoms with Gasteiger partial charge in [-0.05, 0) is 199 Å². The predicted octanol–water partition coefficient (Wildman–Crippen LogP) is 12.6. The van der Waals surface area contributed by atoms with Crippen molar-refractivity contribution in [3.05, 3.63) is 83.2 Å². The highest BCUT2D eigenvalue weighted by Crippen LogP contribution is 2.45. The molecule has 0 aromatic carbocycles. The summed E-state index contributed by atoms with van der Waals surface area (Å²) in [5.74, 6) is -0.315. The van der Waals surface area contributed by atoms with Crippen LogP contribution in [-0.2, 0) is 76.5 Å². The van der Waals surface area contributed by atoms with Crippen LogP contribution in [0.2, 0.25) is 0 Å². The molecule has 0 fully saturated rings. The fraction of sp³-hybridized carbons (Fsp3) is 0.582. The van der Waals surface area contributed by atoms with Crippen molar-refractivity contribution in [2.45, 2.75) is 173 Å². The van der Waals surface area contributed by atoms with Crippen LogP contribution in [0.1, 0.15) is 139 Å². The zero-order valence-electron chi connectivity index (χ0n) is 54.6. The Morgan fingerprint density at radius 3 is 1.02 bits per heavy atom. The lowest BCUT2D eigenvalue weighted by Crippen LogP contribution is -2.57. The average molecular weight is 1840 g/mol. The number of sulfonamides is 4. The molecule has 3 amide bonds. The first-order valence-corrected chi connectivity index (χ1v) is 40.4. The van der Waals surface area contributed by atoms with Crippen LogP contribution >= 0.6 is 133 Å². The van der Waals surface area contributed by atoms with Crippen LogP contribution in [0, 0.1) is 0 Å². The SMILES string of the molecule is C.CN1C(NC(=O)OC(C)(C)C)=N[C@](C)(c2cc(Br)cs2)CS1(=O)=O.C[C@@H]1[C@@](C)(c2cc(Br)cs2)N=C(NC(=O)OC(C)(C)C)N(C)S1(=O)=O.C[C@H]1[C@@](C)(c2cc(Br)cs2)N=C(N)N(C)S1(=O)=O.C[C@H]1[C@@](C)(c2cc(Br)cs2)N=C(NC(=O)OC(C)(C)C)N(C)S1(=O)=O.I.[HH]. The highest BCUT2D eigenvalue weighted by atomic mass is 127. The number of nitrogens with two attached hydrogens (primary N) is 1. The summed E-state index contributed by atoms with van der Waals surface area (Å²) in [6.07, 6.45) is -2.25. The van der Waals surface area contributed by atoms with Crippen molar-refractivity contribution in [2.75, 3.05) is 33.9 Å². The van der Waals surface area contributed by atoms with E-state index < -0.39 is 113 Å². The van der Waals surface area contributed by atoms with Gasteiger partial charge in [-0.25, -0.2) is 85.2 Å². The number of alkyl carbamates (subject to hydrolysis) is 3. The number of halogens is 5. The number of guanidine groups is 4. The van der Waals surface area contributed by atoms with E-state index in [9.17, 15) is 48.1 Å². The van der Waals surface area contributed by atoms with E-state index in [0.29, 0.717) is 0 Å². The van der Waals surface area contributed by atoms with Gasteiger partial charge >= 0.3 is 18.3 Å². The smallest absolute Gasteiger partial charge is 0.414 e. The maximum Gasteiger partial charge on any atom is 0.414 e. The molecule has 0 aliphatic carbocycles. The van der Waals surface area contributed by atoms with E-state index in [-0.39, 0.29) is 62.4 Å². The van der Waals surface area contributed by atoms with Crippen molar-refractivity contribution in [3.8, 4) is 0 Å². The van der Waals surface area contributed by atoms with Gasteiger partial charge in [0.05, 0.1) is 5.75 Å².